The lowest BCUT2D eigenvalue weighted by Gasteiger charge is -2.45. The number of ketones is 1. The maximum atomic E-state index is 15.0. The summed E-state index contributed by atoms with van der Waals surface area (Å²) >= 11 is 0. The molecule has 6 rings (SSSR count). The van der Waals surface area contributed by atoms with Gasteiger partial charge < -0.3 is 4.52 Å². The fourth-order valence-corrected chi connectivity index (χ4v) is 6.07. The standard InChI is InChI=1S/C29H24FN5O2/c1-16-23-13-12-22-25(21-6-4-5-7-24(21)30)33-35(27(22)29(23,3)14-19(15-31)26(16)36)20-10-8-18(9-11-20)28-32-17(2)37-34-28/h4-11,14,16,23H,12-13H2,1-3H3/t16-,23-,29-/m1/s1. The van der Waals surface area contributed by atoms with Gasteiger partial charge in [-0.1, -0.05) is 37.2 Å². The molecule has 2 aliphatic rings. The van der Waals surface area contributed by atoms with Crippen molar-refractivity contribution in [1.29, 1.82) is 5.26 Å². The van der Waals surface area contributed by atoms with E-state index in [1.807, 2.05) is 35.9 Å². The molecule has 0 bridgehead atoms. The molecule has 0 unspecified atom stereocenters. The van der Waals surface area contributed by atoms with E-state index in [0.29, 0.717) is 29.4 Å². The molecule has 37 heavy (non-hydrogen) atoms. The van der Waals surface area contributed by atoms with Crippen molar-refractivity contribution >= 4 is 5.78 Å². The van der Waals surface area contributed by atoms with Crippen LogP contribution in [0, 0.1) is 35.9 Å². The average Bonchev–Trinajstić information content (AvgIpc) is 3.51. The van der Waals surface area contributed by atoms with Crippen molar-refractivity contribution in [2.24, 2.45) is 11.8 Å². The molecule has 0 N–H and O–H groups in total. The molecule has 0 spiro atoms. The number of hydrogen-bond donors (Lipinski definition) is 0. The van der Waals surface area contributed by atoms with Gasteiger partial charge in [-0.25, -0.2) is 9.07 Å². The first-order chi connectivity index (χ1) is 17.8. The summed E-state index contributed by atoms with van der Waals surface area (Å²) in [5.74, 6) is 0.206. The normalized spacial score (nSPS) is 22.7. The van der Waals surface area contributed by atoms with Crippen molar-refractivity contribution in [2.45, 2.75) is 39.0 Å². The number of rotatable bonds is 3. The molecule has 7 nitrogen and oxygen atoms in total. The Balaban J connectivity index is 1.59. The number of halogens is 1. The Kier molecular flexibility index (Phi) is 5.19. The van der Waals surface area contributed by atoms with Gasteiger partial charge in [0.05, 0.1) is 22.6 Å². The van der Waals surface area contributed by atoms with Crippen LogP contribution in [-0.4, -0.2) is 25.7 Å². The number of Topliss-reactive ketones (excluding diaryl/α,β-unsaturated/α-hetero) is 1. The van der Waals surface area contributed by atoms with Gasteiger partial charge in [-0.15, -0.1) is 0 Å². The fourth-order valence-electron chi connectivity index (χ4n) is 6.07. The molecule has 4 aromatic rings. The number of nitrogens with zero attached hydrogens (tertiary/aromatic N) is 5. The lowest BCUT2D eigenvalue weighted by molar-refractivity contribution is -0.121. The van der Waals surface area contributed by atoms with Crippen molar-refractivity contribution in [3.8, 4) is 34.4 Å². The third kappa shape index (κ3) is 3.45. The van der Waals surface area contributed by atoms with E-state index in [2.05, 4.69) is 23.1 Å². The minimum absolute atomic E-state index is 0.00454. The molecule has 8 heteroatoms. The van der Waals surface area contributed by atoms with Gasteiger partial charge in [0.25, 0.3) is 0 Å². The van der Waals surface area contributed by atoms with E-state index in [0.717, 1.165) is 28.9 Å². The zero-order valence-corrected chi connectivity index (χ0v) is 20.7. The predicted octanol–water partition coefficient (Wildman–Crippen LogP) is 5.53. The Morgan fingerprint density at radius 2 is 1.95 bits per heavy atom. The zero-order valence-electron chi connectivity index (χ0n) is 20.7. The van der Waals surface area contributed by atoms with Crippen LogP contribution in [0.3, 0.4) is 0 Å². The highest BCUT2D eigenvalue weighted by Crippen LogP contribution is 2.52. The van der Waals surface area contributed by atoms with Gasteiger partial charge in [-0.2, -0.15) is 15.3 Å². The third-order valence-corrected chi connectivity index (χ3v) is 7.84. The fraction of sp³-hybridized carbons (Fsp3) is 0.276. The maximum Gasteiger partial charge on any atom is 0.223 e. The van der Waals surface area contributed by atoms with Gasteiger partial charge in [-0.05, 0) is 55.2 Å². The molecule has 184 valence electrons. The molecule has 2 aromatic carbocycles. The predicted molar refractivity (Wildman–Crippen MR) is 134 cm³/mol. The molecule has 0 radical (unpaired) electrons. The van der Waals surface area contributed by atoms with E-state index in [1.165, 1.54) is 6.07 Å². The summed E-state index contributed by atoms with van der Waals surface area (Å²) < 4.78 is 21.9. The smallest absolute Gasteiger partial charge is 0.223 e. The van der Waals surface area contributed by atoms with Crippen LogP contribution in [-0.2, 0) is 16.6 Å². The Morgan fingerprint density at radius 1 is 1.19 bits per heavy atom. The van der Waals surface area contributed by atoms with Gasteiger partial charge in [0, 0.05) is 34.9 Å². The number of fused-ring (bicyclic) bond motifs is 3. The SMILES string of the molecule is Cc1nc(-c2ccc(-n3nc(-c4ccccc4F)c4c3[C@]3(C)C=C(C#N)C(=O)[C@H](C)[C@H]3CC4)cc2)no1. The highest BCUT2D eigenvalue weighted by Gasteiger charge is 2.50. The third-order valence-electron chi connectivity index (χ3n) is 7.84. The van der Waals surface area contributed by atoms with Gasteiger partial charge in [0.2, 0.25) is 11.7 Å². The number of aromatic nitrogens is 4. The van der Waals surface area contributed by atoms with Gasteiger partial charge in [0.15, 0.2) is 5.78 Å². The van der Waals surface area contributed by atoms with Crippen LogP contribution in [0.1, 0.15) is 37.4 Å². The Labute approximate surface area is 213 Å². The van der Waals surface area contributed by atoms with Crippen molar-refractivity contribution in [3.05, 3.63) is 83.1 Å². The van der Waals surface area contributed by atoms with Crippen molar-refractivity contribution in [1.82, 2.24) is 19.9 Å². The Morgan fingerprint density at radius 3 is 2.62 bits per heavy atom. The minimum Gasteiger partial charge on any atom is -0.339 e. The number of benzene rings is 2. The number of nitriles is 1. The van der Waals surface area contributed by atoms with Crippen LogP contribution in [0.2, 0.25) is 0 Å². The molecule has 0 saturated heterocycles. The summed E-state index contributed by atoms with van der Waals surface area (Å²) in [5, 5.41) is 18.7. The summed E-state index contributed by atoms with van der Waals surface area (Å²) in [6.07, 6.45) is 3.21. The summed E-state index contributed by atoms with van der Waals surface area (Å²) in [6.45, 7) is 5.71. The first-order valence-electron chi connectivity index (χ1n) is 12.3. The number of carbonyl (C=O) groups is 1. The van der Waals surface area contributed by atoms with Gasteiger partial charge in [-0.3, -0.25) is 4.79 Å². The second-order valence-electron chi connectivity index (χ2n) is 10.0. The van der Waals surface area contributed by atoms with Crippen LogP contribution in [0.4, 0.5) is 4.39 Å². The summed E-state index contributed by atoms with van der Waals surface area (Å²) in [4.78, 5) is 17.2. The molecular weight excluding hydrogens is 469 g/mol. The molecule has 0 fully saturated rings. The molecular formula is C29H24FN5O2. The van der Waals surface area contributed by atoms with Crippen LogP contribution in [0.5, 0.6) is 0 Å². The van der Waals surface area contributed by atoms with Crippen LogP contribution in [0.25, 0.3) is 28.3 Å². The van der Waals surface area contributed by atoms with E-state index in [9.17, 15) is 14.4 Å². The molecule has 0 saturated carbocycles. The maximum absolute atomic E-state index is 15.0. The lowest BCUT2D eigenvalue weighted by atomic mass is 9.57. The van der Waals surface area contributed by atoms with Crippen molar-refractivity contribution < 1.29 is 13.7 Å². The number of carbonyl (C=O) groups excluding carboxylic acids is 1. The van der Waals surface area contributed by atoms with Gasteiger partial charge in [0.1, 0.15) is 11.9 Å². The molecule has 2 aromatic heterocycles. The first-order valence-corrected chi connectivity index (χ1v) is 12.3. The van der Waals surface area contributed by atoms with Crippen LogP contribution in [0.15, 0.2) is 64.7 Å². The number of aryl methyl sites for hydroxylation is 1. The minimum atomic E-state index is -0.633. The summed E-state index contributed by atoms with van der Waals surface area (Å²) in [6, 6.07) is 16.4. The number of hydrogen-bond acceptors (Lipinski definition) is 6. The quantitative estimate of drug-likeness (QED) is 0.372. The van der Waals surface area contributed by atoms with Crippen LogP contribution >= 0.6 is 0 Å². The van der Waals surface area contributed by atoms with E-state index in [4.69, 9.17) is 9.62 Å². The second kappa shape index (κ2) is 8.34. The lowest BCUT2D eigenvalue weighted by Crippen LogP contribution is -2.46. The Bertz CT molecular complexity index is 1620. The van der Waals surface area contributed by atoms with E-state index < -0.39 is 5.41 Å². The van der Waals surface area contributed by atoms with E-state index in [1.54, 1.807) is 31.2 Å². The average molecular weight is 494 g/mol. The molecule has 3 atom stereocenters. The highest BCUT2D eigenvalue weighted by atomic mass is 19.1. The first kappa shape index (κ1) is 23.0. The number of allylic oxidation sites excluding steroid dienone is 2. The summed E-state index contributed by atoms with van der Waals surface area (Å²) in [5.41, 5.74) is 3.96. The highest BCUT2D eigenvalue weighted by molar-refractivity contribution is 6.02. The second-order valence-corrected chi connectivity index (χ2v) is 10.0. The largest absolute Gasteiger partial charge is 0.339 e. The van der Waals surface area contributed by atoms with Crippen molar-refractivity contribution in [2.75, 3.05) is 0 Å². The Hall–Kier alpha value is -4.38. The van der Waals surface area contributed by atoms with E-state index in [-0.39, 0.29) is 29.0 Å². The van der Waals surface area contributed by atoms with Crippen molar-refractivity contribution in [3.63, 3.8) is 0 Å². The molecule has 0 aliphatic heterocycles. The molecule has 2 aliphatic carbocycles. The van der Waals surface area contributed by atoms with Crippen LogP contribution < -0.4 is 0 Å². The van der Waals surface area contributed by atoms with Gasteiger partial charge >= 0.3 is 0 Å². The molecule has 2 heterocycles. The zero-order chi connectivity index (χ0) is 25.9. The topological polar surface area (TPSA) is 97.6 Å². The summed E-state index contributed by atoms with van der Waals surface area (Å²) in [7, 11) is 0. The monoisotopic (exact) mass is 493 g/mol. The van der Waals surface area contributed by atoms with E-state index >= 15 is 0 Å². The molecule has 0 amide bonds.